The smallest absolute Gasteiger partial charge is 0.345 e. The monoisotopic (exact) mass is 412 g/mol. The molecule has 4 rings (SSSR count). The first-order valence-corrected chi connectivity index (χ1v) is 10.1. The van der Waals surface area contributed by atoms with E-state index in [0.717, 1.165) is 43.4 Å². The van der Waals surface area contributed by atoms with Crippen molar-refractivity contribution in [2.45, 2.75) is 6.92 Å². The van der Waals surface area contributed by atoms with Crippen molar-refractivity contribution in [2.24, 2.45) is 0 Å². The van der Waals surface area contributed by atoms with Gasteiger partial charge in [0.15, 0.2) is 11.4 Å². The van der Waals surface area contributed by atoms with Crippen molar-refractivity contribution in [1.29, 1.82) is 0 Å². The second-order valence-corrected chi connectivity index (χ2v) is 7.85. The maximum atomic E-state index is 12.9. The molecule has 1 amide bonds. The highest BCUT2D eigenvalue weighted by Crippen LogP contribution is 2.15. The number of likely N-dealkylation sites (N-methyl/N-ethyl adjacent to an activating group) is 1. The first-order valence-electron chi connectivity index (χ1n) is 9.72. The van der Waals surface area contributed by atoms with Crippen LogP contribution in [0.4, 0.5) is 11.6 Å². The van der Waals surface area contributed by atoms with E-state index in [0.29, 0.717) is 16.5 Å². The van der Waals surface area contributed by atoms with Gasteiger partial charge in [0.25, 0.3) is 0 Å². The number of aromatic amines is 1. The zero-order valence-electron chi connectivity index (χ0n) is 16.6. The van der Waals surface area contributed by atoms with Gasteiger partial charge in [-0.2, -0.15) is 0 Å². The lowest BCUT2D eigenvalue weighted by Crippen LogP contribution is -3.12. The fourth-order valence-electron chi connectivity index (χ4n) is 3.45. The Labute approximate surface area is 174 Å². The minimum Gasteiger partial charge on any atom is -0.345 e. The number of aryl methyl sites for hydroxylation is 1. The summed E-state index contributed by atoms with van der Waals surface area (Å²) in [6.45, 7) is 5.97. The Balaban J connectivity index is 1.54. The molecule has 3 heterocycles. The van der Waals surface area contributed by atoms with E-state index in [9.17, 15) is 4.79 Å². The van der Waals surface area contributed by atoms with Crippen molar-refractivity contribution in [3.8, 4) is 5.69 Å². The fourth-order valence-corrected chi connectivity index (χ4v) is 3.57. The molecule has 0 saturated carbocycles. The summed E-state index contributed by atoms with van der Waals surface area (Å²) in [7, 11) is 2.20. The molecule has 0 radical (unpaired) electrons. The highest BCUT2D eigenvalue weighted by Gasteiger charge is 2.23. The minimum atomic E-state index is -0.242. The number of aromatic nitrogens is 3. The highest BCUT2D eigenvalue weighted by atomic mass is 35.5. The molecule has 0 aliphatic carbocycles. The van der Waals surface area contributed by atoms with Gasteiger partial charge in [0.2, 0.25) is 0 Å². The molecule has 0 atom stereocenters. The van der Waals surface area contributed by atoms with Crippen LogP contribution < -0.4 is 19.8 Å². The zero-order valence-corrected chi connectivity index (χ0v) is 17.3. The van der Waals surface area contributed by atoms with Crippen molar-refractivity contribution in [2.75, 3.05) is 43.4 Å². The summed E-state index contributed by atoms with van der Waals surface area (Å²) in [5, 5.41) is 6.87. The van der Waals surface area contributed by atoms with Crippen LogP contribution in [0.15, 0.2) is 48.5 Å². The third kappa shape index (κ3) is 4.41. The predicted octanol–water partition coefficient (Wildman–Crippen LogP) is 1.24. The van der Waals surface area contributed by atoms with E-state index in [2.05, 4.69) is 27.3 Å². The van der Waals surface area contributed by atoms with Gasteiger partial charge in [-0.25, -0.2) is 20.2 Å². The third-order valence-corrected chi connectivity index (χ3v) is 5.37. The van der Waals surface area contributed by atoms with Gasteiger partial charge in [0, 0.05) is 5.02 Å². The number of hydrogen-bond acceptors (Lipinski definition) is 3. The second-order valence-electron chi connectivity index (χ2n) is 7.42. The Bertz CT molecular complexity index is 1010. The van der Waals surface area contributed by atoms with E-state index in [-0.39, 0.29) is 5.91 Å². The summed E-state index contributed by atoms with van der Waals surface area (Å²) in [5.41, 5.74) is 2.20. The highest BCUT2D eigenvalue weighted by molar-refractivity contribution is 6.30. The number of nitrogens with one attached hydrogen (secondary N) is 3. The molecule has 1 aliphatic rings. The average Bonchev–Trinajstić information content (AvgIpc) is 3.09. The quantitative estimate of drug-likeness (QED) is 0.565. The van der Waals surface area contributed by atoms with Crippen LogP contribution >= 0.6 is 11.6 Å². The van der Waals surface area contributed by atoms with E-state index in [1.54, 1.807) is 6.07 Å². The Morgan fingerprint density at radius 3 is 2.66 bits per heavy atom. The average molecular weight is 413 g/mol. The summed E-state index contributed by atoms with van der Waals surface area (Å²) in [6.07, 6.45) is 0. The molecule has 8 heteroatoms. The molecule has 0 unspecified atom stereocenters. The number of rotatable bonds is 4. The van der Waals surface area contributed by atoms with Gasteiger partial charge in [-0.1, -0.05) is 17.7 Å². The minimum absolute atomic E-state index is 0.242. The van der Waals surface area contributed by atoms with Crippen molar-refractivity contribution >= 4 is 29.1 Å². The lowest BCUT2D eigenvalue weighted by atomic mass is 10.3. The van der Waals surface area contributed by atoms with Crippen LogP contribution in [0.2, 0.25) is 5.02 Å². The molecular weight excluding hydrogens is 388 g/mol. The number of benzene rings is 1. The Morgan fingerprint density at radius 1 is 1.21 bits per heavy atom. The lowest BCUT2D eigenvalue weighted by Gasteiger charge is -2.30. The normalized spacial score (nSPS) is 14.8. The van der Waals surface area contributed by atoms with Gasteiger partial charge >= 0.3 is 11.7 Å². The predicted molar refractivity (Wildman–Crippen MR) is 113 cm³/mol. The maximum absolute atomic E-state index is 12.9. The fraction of sp³-hybridized carbons (Fsp3) is 0.286. The summed E-state index contributed by atoms with van der Waals surface area (Å²) in [5.74, 6) is 1.25. The molecule has 3 N–H and O–H groups in total. The number of amides is 1. The van der Waals surface area contributed by atoms with Gasteiger partial charge in [-0.3, -0.25) is 0 Å². The standard InChI is InChI=1S/C21H23ClN6O/c1-15-14-20(28(25-15)17-8-6-16(22)7-9-17)24-21(29)18-4-3-5-19(23-18)27-12-10-26(2)11-13-27/h3-9,14H,10-13H2,1-2H3,(H,24,25,29)/p+2. The topological polar surface area (TPSA) is 69.3 Å². The molecule has 29 heavy (non-hydrogen) atoms. The van der Waals surface area contributed by atoms with Gasteiger partial charge in [-0.05, 0) is 43.3 Å². The molecule has 1 aliphatic heterocycles. The number of H-pyrrole nitrogens is 1. The summed E-state index contributed by atoms with van der Waals surface area (Å²) >= 11 is 5.99. The molecule has 1 aromatic carbocycles. The van der Waals surface area contributed by atoms with Crippen molar-refractivity contribution < 1.29 is 14.4 Å². The number of piperazine rings is 1. The Kier molecular flexibility index (Phi) is 5.51. The van der Waals surface area contributed by atoms with E-state index in [1.165, 1.54) is 4.90 Å². The van der Waals surface area contributed by atoms with E-state index < -0.39 is 0 Å². The molecule has 0 spiro atoms. The number of quaternary nitrogens is 1. The first-order chi connectivity index (χ1) is 14.0. The van der Waals surface area contributed by atoms with Crippen LogP contribution in [0, 0.1) is 6.92 Å². The number of hydrogen-bond donors (Lipinski definition) is 3. The molecule has 0 bridgehead atoms. The van der Waals surface area contributed by atoms with E-state index in [4.69, 9.17) is 11.6 Å². The number of carbonyl (C=O) groups is 1. The molecule has 150 valence electrons. The Morgan fingerprint density at radius 2 is 1.93 bits per heavy atom. The molecule has 1 saturated heterocycles. The van der Waals surface area contributed by atoms with Crippen LogP contribution in [0.25, 0.3) is 5.69 Å². The SMILES string of the molecule is Cc1cc(NC(=O)c2cccc(N3CC[NH+](C)CC3)n2)[n+](-c2ccc(Cl)cc2)[nH]1. The molecule has 7 nitrogen and oxygen atoms in total. The number of pyridine rings is 1. The summed E-state index contributed by atoms with van der Waals surface area (Å²) in [4.78, 5) is 21.3. The van der Waals surface area contributed by atoms with E-state index in [1.807, 2.05) is 54.1 Å². The molecular formula is C21H25ClN6O+2. The van der Waals surface area contributed by atoms with Gasteiger partial charge in [0.05, 0.1) is 45.0 Å². The van der Waals surface area contributed by atoms with Crippen molar-refractivity contribution in [3.63, 3.8) is 0 Å². The molecule has 2 aromatic heterocycles. The van der Waals surface area contributed by atoms with Crippen molar-refractivity contribution in [1.82, 2.24) is 10.1 Å². The van der Waals surface area contributed by atoms with E-state index >= 15 is 0 Å². The van der Waals surface area contributed by atoms with Gasteiger partial charge < -0.3 is 9.80 Å². The third-order valence-electron chi connectivity index (χ3n) is 5.12. The number of anilines is 2. The maximum Gasteiger partial charge on any atom is 0.357 e. The zero-order chi connectivity index (χ0) is 20.4. The second kappa shape index (κ2) is 8.23. The molecule has 1 fully saturated rings. The molecule has 3 aromatic rings. The van der Waals surface area contributed by atoms with Crippen LogP contribution in [0.3, 0.4) is 0 Å². The van der Waals surface area contributed by atoms with Crippen molar-refractivity contribution in [3.05, 3.63) is 64.9 Å². The van der Waals surface area contributed by atoms with Crippen LogP contribution in [-0.4, -0.2) is 49.2 Å². The summed E-state index contributed by atoms with van der Waals surface area (Å²) in [6, 6.07) is 14.9. The van der Waals surface area contributed by atoms with Gasteiger partial charge in [-0.15, -0.1) is 4.68 Å². The van der Waals surface area contributed by atoms with Gasteiger partial charge in [0.1, 0.15) is 5.82 Å². The number of nitrogens with zero attached hydrogens (tertiary/aromatic N) is 3. The lowest BCUT2D eigenvalue weighted by molar-refractivity contribution is -0.880. The van der Waals surface area contributed by atoms with Crippen LogP contribution in [0.5, 0.6) is 0 Å². The van der Waals surface area contributed by atoms with Crippen LogP contribution in [0.1, 0.15) is 16.2 Å². The Hall–Kier alpha value is -2.90. The summed E-state index contributed by atoms with van der Waals surface area (Å²) < 4.78 is 1.82. The first kappa shape index (κ1) is 19.4. The van der Waals surface area contributed by atoms with Crippen LogP contribution in [-0.2, 0) is 0 Å². The number of carbonyl (C=O) groups excluding carboxylic acids is 1. The number of halogens is 1. The largest absolute Gasteiger partial charge is 0.357 e.